The lowest BCUT2D eigenvalue weighted by molar-refractivity contribution is -0.384. The standard InChI is InChI=1S/C17H14ClN5O4S2/c1-27-12-5-2-10(3-6-12)19-16-21-22-17(29-16)28-9-15(24)20-14-7-4-11(23(25)26)8-13(14)18/h2-8H,9H2,1H3,(H,19,21)(H,20,24). The molecule has 9 nitrogen and oxygen atoms in total. The first-order chi connectivity index (χ1) is 13.9. The summed E-state index contributed by atoms with van der Waals surface area (Å²) in [7, 11) is 1.60. The molecule has 0 spiro atoms. The number of amides is 1. The van der Waals surface area contributed by atoms with Crippen molar-refractivity contribution in [2.75, 3.05) is 23.5 Å². The molecule has 2 N–H and O–H groups in total. The smallest absolute Gasteiger partial charge is 0.271 e. The first-order valence-corrected chi connectivity index (χ1v) is 10.2. The Morgan fingerprint density at radius 3 is 2.69 bits per heavy atom. The summed E-state index contributed by atoms with van der Waals surface area (Å²) in [5.41, 5.74) is 0.999. The van der Waals surface area contributed by atoms with E-state index in [2.05, 4.69) is 20.8 Å². The molecule has 1 amide bonds. The van der Waals surface area contributed by atoms with E-state index in [1.165, 1.54) is 41.3 Å². The SMILES string of the molecule is COc1ccc(Nc2nnc(SCC(=O)Nc3ccc([N+](=O)[O-])cc3Cl)s2)cc1. The van der Waals surface area contributed by atoms with Gasteiger partial charge in [-0.1, -0.05) is 34.7 Å². The molecular weight excluding hydrogens is 438 g/mol. The third kappa shape index (κ3) is 5.79. The Hall–Kier alpha value is -2.89. The molecular formula is C17H14ClN5O4S2. The summed E-state index contributed by atoms with van der Waals surface area (Å²) in [6.45, 7) is 0. The zero-order valence-corrected chi connectivity index (χ0v) is 17.3. The molecule has 0 radical (unpaired) electrons. The lowest BCUT2D eigenvalue weighted by Crippen LogP contribution is -2.14. The van der Waals surface area contributed by atoms with Gasteiger partial charge < -0.3 is 15.4 Å². The van der Waals surface area contributed by atoms with Crippen LogP contribution in [0.2, 0.25) is 5.02 Å². The predicted octanol–water partition coefficient (Wildman–Crippen LogP) is 4.58. The number of thioether (sulfide) groups is 1. The minimum absolute atomic E-state index is 0.0878. The molecule has 2 aromatic carbocycles. The maximum Gasteiger partial charge on any atom is 0.271 e. The largest absolute Gasteiger partial charge is 0.497 e. The zero-order valence-electron chi connectivity index (χ0n) is 14.9. The summed E-state index contributed by atoms with van der Waals surface area (Å²) >= 11 is 8.50. The molecule has 0 fully saturated rings. The van der Waals surface area contributed by atoms with E-state index in [0.29, 0.717) is 15.2 Å². The van der Waals surface area contributed by atoms with Crippen LogP contribution in [0.15, 0.2) is 46.8 Å². The maximum absolute atomic E-state index is 12.1. The highest BCUT2D eigenvalue weighted by molar-refractivity contribution is 8.01. The van der Waals surface area contributed by atoms with Gasteiger partial charge in [-0.2, -0.15) is 0 Å². The van der Waals surface area contributed by atoms with Gasteiger partial charge in [-0.25, -0.2) is 0 Å². The molecule has 0 saturated heterocycles. The number of hydrogen-bond acceptors (Lipinski definition) is 9. The average Bonchev–Trinajstić information content (AvgIpc) is 3.15. The fourth-order valence-electron chi connectivity index (χ4n) is 2.15. The van der Waals surface area contributed by atoms with Gasteiger partial charge in [-0.15, -0.1) is 10.2 Å². The van der Waals surface area contributed by atoms with Crippen molar-refractivity contribution >= 4 is 62.8 Å². The third-order valence-electron chi connectivity index (χ3n) is 3.51. The quantitative estimate of drug-likeness (QED) is 0.290. The summed E-state index contributed by atoms with van der Waals surface area (Å²) in [5.74, 6) is 0.526. The second-order valence-electron chi connectivity index (χ2n) is 5.48. The van der Waals surface area contributed by atoms with Crippen LogP contribution in [-0.4, -0.2) is 33.9 Å². The zero-order chi connectivity index (χ0) is 20.8. The molecule has 0 atom stereocenters. The van der Waals surface area contributed by atoms with Gasteiger partial charge in [0.1, 0.15) is 5.75 Å². The Balaban J connectivity index is 1.52. The van der Waals surface area contributed by atoms with Gasteiger partial charge in [-0.05, 0) is 30.3 Å². The van der Waals surface area contributed by atoms with Crippen LogP contribution in [0.4, 0.5) is 22.2 Å². The minimum Gasteiger partial charge on any atom is -0.497 e. The molecule has 150 valence electrons. The number of methoxy groups -OCH3 is 1. The van der Waals surface area contributed by atoms with Crippen molar-refractivity contribution in [3.05, 3.63) is 57.6 Å². The number of halogens is 1. The summed E-state index contributed by atoms with van der Waals surface area (Å²) in [5, 5.41) is 25.2. The lowest BCUT2D eigenvalue weighted by atomic mass is 10.3. The van der Waals surface area contributed by atoms with Crippen LogP contribution in [0.25, 0.3) is 0 Å². The monoisotopic (exact) mass is 451 g/mol. The van der Waals surface area contributed by atoms with Crippen LogP contribution in [0.3, 0.4) is 0 Å². The third-order valence-corrected chi connectivity index (χ3v) is 5.80. The molecule has 12 heteroatoms. The summed E-state index contributed by atoms with van der Waals surface area (Å²) in [6, 6.07) is 11.2. The fraction of sp³-hybridized carbons (Fsp3) is 0.118. The van der Waals surface area contributed by atoms with Crippen molar-refractivity contribution in [1.82, 2.24) is 10.2 Å². The number of nitrogens with one attached hydrogen (secondary N) is 2. The first kappa shape index (κ1) is 20.8. The number of carbonyl (C=O) groups excluding carboxylic acids is 1. The van der Waals surface area contributed by atoms with E-state index in [-0.39, 0.29) is 22.4 Å². The molecule has 0 aliphatic rings. The number of ether oxygens (including phenoxy) is 1. The number of nitro benzene ring substituents is 1. The summed E-state index contributed by atoms with van der Waals surface area (Å²) in [4.78, 5) is 22.3. The number of nitro groups is 1. The molecule has 3 aromatic rings. The highest BCUT2D eigenvalue weighted by atomic mass is 35.5. The molecule has 29 heavy (non-hydrogen) atoms. The molecule has 0 aliphatic carbocycles. The molecule has 0 unspecified atom stereocenters. The normalized spacial score (nSPS) is 10.4. The number of nitrogens with zero attached hydrogens (tertiary/aromatic N) is 3. The Morgan fingerprint density at radius 1 is 1.28 bits per heavy atom. The van der Waals surface area contributed by atoms with Crippen molar-refractivity contribution in [3.63, 3.8) is 0 Å². The number of non-ortho nitro benzene ring substituents is 1. The number of hydrogen-bond donors (Lipinski definition) is 2. The van der Waals surface area contributed by atoms with Crippen molar-refractivity contribution < 1.29 is 14.5 Å². The van der Waals surface area contributed by atoms with Crippen molar-refractivity contribution in [2.45, 2.75) is 4.34 Å². The second kappa shape index (κ2) is 9.54. The van der Waals surface area contributed by atoms with Gasteiger partial charge in [-0.3, -0.25) is 14.9 Å². The van der Waals surface area contributed by atoms with E-state index in [1.807, 2.05) is 24.3 Å². The lowest BCUT2D eigenvalue weighted by Gasteiger charge is -2.06. The molecule has 0 bridgehead atoms. The summed E-state index contributed by atoms with van der Waals surface area (Å²) < 4.78 is 5.73. The molecule has 0 saturated carbocycles. The van der Waals surface area contributed by atoms with Crippen LogP contribution in [0.5, 0.6) is 5.75 Å². The number of anilines is 3. The topological polar surface area (TPSA) is 119 Å². The van der Waals surface area contributed by atoms with Gasteiger partial charge in [0, 0.05) is 17.8 Å². The van der Waals surface area contributed by atoms with E-state index in [0.717, 1.165) is 11.4 Å². The highest BCUT2D eigenvalue weighted by Crippen LogP contribution is 2.29. The van der Waals surface area contributed by atoms with E-state index < -0.39 is 4.92 Å². The maximum atomic E-state index is 12.1. The van der Waals surface area contributed by atoms with Crippen molar-refractivity contribution in [2.24, 2.45) is 0 Å². The summed E-state index contributed by atoms with van der Waals surface area (Å²) in [6.07, 6.45) is 0. The Morgan fingerprint density at radius 2 is 2.03 bits per heavy atom. The molecule has 1 aromatic heterocycles. The molecule has 1 heterocycles. The molecule has 0 aliphatic heterocycles. The predicted molar refractivity (Wildman–Crippen MR) is 114 cm³/mol. The van der Waals surface area contributed by atoms with Crippen LogP contribution >= 0.6 is 34.7 Å². The van der Waals surface area contributed by atoms with Gasteiger partial charge in [0.15, 0.2) is 4.34 Å². The van der Waals surface area contributed by atoms with Crippen molar-refractivity contribution in [1.29, 1.82) is 0 Å². The van der Waals surface area contributed by atoms with E-state index in [1.54, 1.807) is 7.11 Å². The number of carbonyl (C=O) groups is 1. The highest BCUT2D eigenvalue weighted by Gasteiger charge is 2.13. The average molecular weight is 452 g/mol. The van der Waals surface area contributed by atoms with Crippen LogP contribution < -0.4 is 15.4 Å². The van der Waals surface area contributed by atoms with Gasteiger partial charge in [0.2, 0.25) is 11.0 Å². The van der Waals surface area contributed by atoms with Gasteiger partial charge in [0.05, 0.1) is 28.5 Å². The molecule has 3 rings (SSSR count). The number of rotatable bonds is 8. The fourth-order valence-corrected chi connectivity index (χ4v) is 3.94. The van der Waals surface area contributed by atoms with Crippen LogP contribution in [0.1, 0.15) is 0 Å². The Bertz CT molecular complexity index is 1030. The van der Waals surface area contributed by atoms with Crippen LogP contribution in [0, 0.1) is 10.1 Å². The van der Waals surface area contributed by atoms with E-state index in [9.17, 15) is 14.9 Å². The van der Waals surface area contributed by atoms with Gasteiger partial charge in [0.25, 0.3) is 5.69 Å². The van der Waals surface area contributed by atoms with Crippen LogP contribution in [-0.2, 0) is 4.79 Å². The van der Waals surface area contributed by atoms with Gasteiger partial charge >= 0.3 is 0 Å². The number of benzene rings is 2. The number of aromatic nitrogens is 2. The van der Waals surface area contributed by atoms with Crippen molar-refractivity contribution in [3.8, 4) is 5.75 Å². The second-order valence-corrected chi connectivity index (χ2v) is 8.09. The van der Waals surface area contributed by atoms with E-state index >= 15 is 0 Å². The minimum atomic E-state index is -0.555. The first-order valence-electron chi connectivity index (χ1n) is 8.06. The van der Waals surface area contributed by atoms with E-state index in [4.69, 9.17) is 16.3 Å². The Kier molecular flexibility index (Phi) is 6.86. The Labute approximate surface area is 178 Å².